The van der Waals surface area contributed by atoms with Crippen molar-refractivity contribution in [3.63, 3.8) is 0 Å². The Morgan fingerprint density at radius 3 is 2.32 bits per heavy atom. The minimum atomic E-state index is -1.37. The van der Waals surface area contributed by atoms with E-state index in [9.17, 15) is 0 Å². The third kappa shape index (κ3) is 6.42. The second kappa shape index (κ2) is 8.03. The number of benzene rings is 1. The molecule has 0 N–H and O–H groups in total. The first-order valence-electron chi connectivity index (χ1n) is 8.26. The zero-order chi connectivity index (χ0) is 16.0. The van der Waals surface area contributed by atoms with Gasteiger partial charge in [0.25, 0.3) is 0 Å². The van der Waals surface area contributed by atoms with Crippen LogP contribution in [0.25, 0.3) is 0 Å². The van der Waals surface area contributed by atoms with Crippen LogP contribution in [0.4, 0.5) is 5.69 Å². The van der Waals surface area contributed by atoms with Crippen molar-refractivity contribution in [3.8, 4) is 11.5 Å². The van der Waals surface area contributed by atoms with Crippen LogP contribution in [0.2, 0.25) is 19.6 Å². The van der Waals surface area contributed by atoms with Crippen molar-refractivity contribution >= 4 is 30.6 Å². The molecule has 1 aliphatic carbocycles. The van der Waals surface area contributed by atoms with Crippen LogP contribution in [-0.4, -0.2) is 18.4 Å². The summed E-state index contributed by atoms with van der Waals surface area (Å²) in [6.07, 6.45) is 5.29. The number of nitrogens with zero attached hydrogens (tertiary/aromatic N) is 1. The second-order valence-corrected chi connectivity index (χ2v) is 13.3. The van der Waals surface area contributed by atoms with E-state index in [1.807, 2.05) is 30.0 Å². The fraction of sp³-hybridized carbons (Fsp3) is 0.526. The van der Waals surface area contributed by atoms with E-state index in [1.54, 1.807) is 0 Å². The SMILES string of the molecule is CC1CCC(SC(C#C[Si](C)(C)C)=Nc2ccccc2)CC1. The molecule has 0 spiro atoms. The van der Waals surface area contributed by atoms with Gasteiger partial charge in [-0.05, 0) is 49.7 Å². The average Bonchev–Trinajstić information content (AvgIpc) is 2.47. The Hall–Kier alpha value is -0.983. The van der Waals surface area contributed by atoms with Gasteiger partial charge >= 0.3 is 0 Å². The van der Waals surface area contributed by atoms with Crippen molar-refractivity contribution in [1.29, 1.82) is 0 Å². The van der Waals surface area contributed by atoms with Gasteiger partial charge in [-0.2, -0.15) is 0 Å². The minimum Gasteiger partial charge on any atom is -0.233 e. The summed E-state index contributed by atoms with van der Waals surface area (Å²) in [5.74, 6) is 4.28. The monoisotopic (exact) mass is 329 g/mol. The molecule has 0 aliphatic heterocycles. The number of para-hydroxylation sites is 1. The number of aliphatic imine (C=N–C) groups is 1. The molecule has 0 amide bonds. The molecule has 1 aromatic carbocycles. The highest BCUT2D eigenvalue weighted by atomic mass is 32.2. The summed E-state index contributed by atoms with van der Waals surface area (Å²) < 4.78 is 0. The highest BCUT2D eigenvalue weighted by molar-refractivity contribution is 8.15. The number of thioether (sulfide) groups is 1. The summed E-state index contributed by atoms with van der Waals surface area (Å²) in [6, 6.07) is 10.2. The summed E-state index contributed by atoms with van der Waals surface area (Å²) in [4.78, 5) is 4.80. The van der Waals surface area contributed by atoms with Crippen LogP contribution >= 0.6 is 11.8 Å². The fourth-order valence-electron chi connectivity index (χ4n) is 2.45. The molecule has 2 rings (SSSR count). The molecule has 0 saturated heterocycles. The molecule has 1 fully saturated rings. The number of hydrogen-bond donors (Lipinski definition) is 0. The van der Waals surface area contributed by atoms with Crippen LogP contribution in [-0.2, 0) is 0 Å². The third-order valence-electron chi connectivity index (χ3n) is 3.77. The van der Waals surface area contributed by atoms with E-state index in [0.29, 0.717) is 5.25 Å². The van der Waals surface area contributed by atoms with Crippen molar-refractivity contribution in [2.24, 2.45) is 10.9 Å². The summed E-state index contributed by atoms with van der Waals surface area (Å²) >= 11 is 1.90. The number of hydrogen-bond acceptors (Lipinski definition) is 2. The van der Waals surface area contributed by atoms with Gasteiger partial charge in [-0.15, -0.1) is 5.54 Å². The lowest BCUT2D eigenvalue weighted by molar-refractivity contribution is 0.394. The Bertz CT molecular complexity index is 555. The standard InChI is InChI=1S/C19H27NSSi/c1-16-10-12-18(13-11-16)21-19(14-15-22(2,3)4)20-17-8-6-5-7-9-17/h5-9,16,18H,10-13H2,1-4H3. The van der Waals surface area contributed by atoms with Gasteiger partial charge in [0, 0.05) is 5.25 Å². The van der Waals surface area contributed by atoms with E-state index in [0.717, 1.165) is 16.6 Å². The van der Waals surface area contributed by atoms with Gasteiger partial charge in [0.05, 0.1) is 5.69 Å². The Kier molecular flexibility index (Phi) is 6.34. The molecule has 3 heteroatoms. The molecule has 0 aromatic heterocycles. The van der Waals surface area contributed by atoms with E-state index < -0.39 is 8.07 Å². The maximum atomic E-state index is 4.80. The van der Waals surface area contributed by atoms with Crippen molar-refractivity contribution in [3.05, 3.63) is 30.3 Å². The molecule has 1 aliphatic rings. The molecule has 0 radical (unpaired) electrons. The lowest BCUT2D eigenvalue weighted by atomic mass is 9.91. The molecule has 1 nitrogen and oxygen atoms in total. The molecule has 22 heavy (non-hydrogen) atoms. The van der Waals surface area contributed by atoms with Crippen LogP contribution in [0.15, 0.2) is 35.3 Å². The molecule has 1 saturated carbocycles. The van der Waals surface area contributed by atoms with Crippen molar-refractivity contribution in [2.75, 3.05) is 0 Å². The zero-order valence-electron chi connectivity index (χ0n) is 14.2. The van der Waals surface area contributed by atoms with Crippen molar-refractivity contribution in [2.45, 2.75) is 57.5 Å². The predicted molar refractivity (Wildman–Crippen MR) is 104 cm³/mol. The molecule has 118 valence electrons. The van der Waals surface area contributed by atoms with Gasteiger partial charge in [-0.1, -0.05) is 56.5 Å². The normalized spacial score (nSPS) is 22.8. The predicted octanol–water partition coefficient (Wildman–Crippen LogP) is 5.91. The zero-order valence-corrected chi connectivity index (χ0v) is 16.0. The molecule has 0 bridgehead atoms. The maximum absolute atomic E-state index is 4.80. The van der Waals surface area contributed by atoms with E-state index >= 15 is 0 Å². The molecule has 0 atom stereocenters. The first kappa shape index (κ1) is 17.4. The van der Waals surface area contributed by atoms with Gasteiger partial charge in [-0.25, -0.2) is 4.99 Å². The second-order valence-electron chi connectivity index (χ2n) is 7.25. The van der Waals surface area contributed by atoms with E-state index in [4.69, 9.17) is 4.99 Å². The summed E-state index contributed by atoms with van der Waals surface area (Å²) in [7, 11) is -1.37. The Balaban J connectivity index is 2.14. The summed E-state index contributed by atoms with van der Waals surface area (Å²) in [6.45, 7) is 9.22. The van der Waals surface area contributed by atoms with E-state index in [-0.39, 0.29) is 0 Å². The highest BCUT2D eigenvalue weighted by Gasteiger charge is 2.20. The quantitative estimate of drug-likeness (QED) is 0.284. The van der Waals surface area contributed by atoms with Crippen molar-refractivity contribution < 1.29 is 0 Å². The summed E-state index contributed by atoms with van der Waals surface area (Å²) in [5.41, 5.74) is 4.49. The largest absolute Gasteiger partial charge is 0.233 e. The van der Waals surface area contributed by atoms with Gasteiger partial charge in [0.2, 0.25) is 0 Å². The lowest BCUT2D eigenvalue weighted by Gasteiger charge is -2.25. The Labute approximate surface area is 141 Å². The Morgan fingerprint density at radius 2 is 1.73 bits per heavy atom. The third-order valence-corrected chi connectivity index (χ3v) is 5.87. The van der Waals surface area contributed by atoms with Gasteiger partial charge in [0.1, 0.15) is 13.1 Å². The molecule has 0 unspecified atom stereocenters. The first-order valence-corrected chi connectivity index (χ1v) is 12.6. The van der Waals surface area contributed by atoms with Crippen molar-refractivity contribution in [1.82, 2.24) is 0 Å². The van der Waals surface area contributed by atoms with Crippen LogP contribution < -0.4 is 0 Å². The topological polar surface area (TPSA) is 12.4 Å². The maximum Gasteiger partial charge on any atom is 0.146 e. The van der Waals surface area contributed by atoms with Gasteiger partial charge in [0.15, 0.2) is 0 Å². The van der Waals surface area contributed by atoms with Crippen LogP contribution in [0, 0.1) is 17.4 Å². The lowest BCUT2D eigenvalue weighted by Crippen LogP contribution is -2.18. The fourth-order valence-corrected chi connectivity index (χ4v) is 4.13. The smallest absolute Gasteiger partial charge is 0.146 e. The van der Waals surface area contributed by atoms with Gasteiger partial charge < -0.3 is 0 Å². The van der Waals surface area contributed by atoms with Gasteiger partial charge in [-0.3, -0.25) is 0 Å². The molecular weight excluding hydrogens is 302 g/mol. The van der Waals surface area contributed by atoms with E-state index in [1.165, 1.54) is 25.7 Å². The van der Waals surface area contributed by atoms with Crippen LogP contribution in [0.5, 0.6) is 0 Å². The molecule has 1 aromatic rings. The molecule has 0 heterocycles. The number of rotatable bonds is 2. The van der Waals surface area contributed by atoms with Crippen LogP contribution in [0.1, 0.15) is 32.6 Å². The molecular formula is C19H27NSSi. The Morgan fingerprint density at radius 1 is 1.09 bits per heavy atom. The highest BCUT2D eigenvalue weighted by Crippen LogP contribution is 2.32. The first-order chi connectivity index (χ1) is 10.4. The van der Waals surface area contributed by atoms with E-state index in [2.05, 4.69) is 50.2 Å². The minimum absolute atomic E-state index is 0.689. The average molecular weight is 330 g/mol. The van der Waals surface area contributed by atoms with Crippen LogP contribution in [0.3, 0.4) is 0 Å². The summed E-state index contributed by atoms with van der Waals surface area (Å²) in [5, 5.41) is 1.70.